The van der Waals surface area contributed by atoms with Gasteiger partial charge >= 0.3 is 5.97 Å². The number of esters is 1. The van der Waals surface area contributed by atoms with E-state index in [-0.39, 0.29) is 10.7 Å². The van der Waals surface area contributed by atoms with Crippen molar-refractivity contribution in [1.29, 1.82) is 0 Å². The van der Waals surface area contributed by atoms with E-state index >= 15 is 0 Å². The van der Waals surface area contributed by atoms with Gasteiger partial charge < -0.3 is 4.74 Å². The fourth-order valence-corrected chi connectivity index (χ4v) is 2.32. The monoisotopic (exact) mass is 298 g/mol. The van der Waals surface area contributed by atoms with Crippen molar-refractivity contribution in [2.45, 2.75) is 11.2 Å². The molecule has 1 unspecified atom stereocenters. The predicted molar refractivity (Wildman–Crippen MR) is 65.3 cm³/mol. The minimum atomic E-state index is -0.487. The number of aromatic nitrogens is 1. The van der Waals surface area contributed by atoms with Crippen LogP contribution in [0.2, 0.25) is 0 Å². The fourth-order valence-electron chi connectivity index (χ4n) is 1.75. The van der Waals surface area contributed by atoms with E-state index in [9.17, 15) is 9.59 Å². The molecule has 0 radical (unpaired) electrons. The normalized spacial score (nSPS) is 19.5. The number of carbonyl (C=O) groups is 2. The third-order valence-corrected chi connectivity index (χ3v) is 3.14. The van der Waals surface area contributed by atoms with E-state index in [1.807, 2.05) is 0 Å². The summed E-state index contributed by atoms with van der Waals surface area (Å²) in [5.41, 5.74) is 0.310. The number of amides is 1. The molecule has 0 aliphatic carbocycles. The third kappa shape index (κ3) is 2.31. The van der Waals surface area contributed by atoms with Crippen molar-refractivity contribution >= 4 is 33.6 Å². The first-order valence-corrected chi connectivity index (χ1v) is 6.03. The van der Waals surface area contributed by atoms with Crippen molar-refractivity contribution < 1.29 is 14.3 Å². The molecule has 5 nitrogen and oxygen atoms in total. The molecule has 0 N–H and O–H groups in total. The second kappa shape index (κ2) is 4.83. The highest BCUT2D eigenvalue weighted by molar-refractivity contribution is 9.09. The highest BCUT2D eigenvalue weighted by Crippen LogP contribution is 2.26. The molecule has 2 rings (SSSR count). The van der Waals surface area contributed by atoms with Gasteiger partial charge in [-0.1, -0.05) is 15.9 Å². The number of rotatable bonds is 2. The Kier molecular flexibility index (Phi) is 3.42. The lowest BCUT2D eigenvalue weighted by atomic mass is 10.2. The summed E-state index contributed by atoms with van der Waals surface area (Å²) in [6, 6.07) is 3.24. The zero-order valence-electron chi connectivity index (χ0n) is 9.22. The van der Waals surface area contributed by atoms with Gasteiger partial charge in [0.25, 0.3) is 0 Å². The van der Waals surface area contributed by atoms with Gasteiger partial charge in [0, 0.05) is 24.0 Å². The molecular formula is C11H11BrN2O3. The minimum absolute atomic E-state index is 0.0456. The van der Waals surface area contributed by atoms with Crippen molar-refractivity contribution in [3.05, 3.63) is 23.9 Å². The zero-order chi connectivity index (χ0) is 12.4. The van der Waals surface area contributed by atoms with Gasteiger partial charge in [0.2, 0.25) is 5.91 Å². The first kappa shape index (κ1) is 12.0. The minimum Gasteiger partial charge on any atom is -0.465 e. The van der Waals surface area contributed by atoms with Gasteiger partial charge in [-0.25, -0.2) is 9.78 Å². The molecule has 1 aromatic heterocycles. The highest BCUT2D eigenvalue weighted by Gasteiger charge is 2.32. The van der Waals surface area contributed by atoms with Crippen molar-refractivity contribution in [2.75, 3.05) is 18.6 Å². The summed E-state index contributed by atoms with van der Waals surface area (Å²) in [6.07, 6.45) is 1.97. The van der Waals surface area contributed by atoms with Gasteiger partial charge in [-0.05, 0) is 12.1 Å². The molecule has 1 aliphatic rings. The number of anilines is 1. The number of hydrogen-bond acceptors (Lipinski definition) is 4. The maximum absolute atomic E-state index is 11.8. The fraction of sp³-hybridized carbons (Fsp3) is 0.364. The van der Waals surface area contributed by atoms with Crippen LogP contribution in [0.3, 0.4) is 0 Å². The molecule has 90 valence electrons. The summed E-state index contributed by atoms with van der Waals surface area (Å²) in [7, 11) is 1.30. The Balaban J connectivity index is 2.38. The largest absolute Gasteiger partial charge is 0.465 e. The van der Waals surface area contributed by atoms with E-state index in [0.717, 1.165) is 0 Å². The van der Waals surface area contributed by atoms with E-state index in [4.69, 9.17) is 0 Å². The lowest BCUT2D eigenvalue weighted by Crippen LogP contribution is -2.27. The molecule has 1 amide bonds. The molecule has 0 aromatic carbocycles. The van der Waals surface area contributed by atoms with Crippen LogP contribution in [-0.4, -0.2) is 35.3 Å². The summed E-state index contributed by atoms with van der Waals surface area (Å²) in [5, 5.41) is 0. The maximum Gasteiger partial charge on any atom is 0.341 e. The van der Waals surface area contributed by atoms with Crippen LogP contribution in [0.1, 0.15) is 16.8 Å². The van der Waals surface area contributed by atoms with Crippen molar-refractivity contribution in [3.8, 4) is 0 Å². The number of halogens is 1. The van der Waals surface area contributed by atoms with Gasteiger partial charge in [0.1, 0.15) is 11.4 Å². The van der Waals surface area contributed by atoms with Gasteiger partial charge in [-0.15, -0.1) is 0 Å². The average molecular weight is 299 g/mol. The van der Waals surface area contributed by atoms with E-state index in [0.29, 0.717) is 24.3 Å². The topological polar surface area (TPSA) is 59.5 Å². The lowest BCUT2D eigenvalue weighted by Gasteiger charge is -2.17. The summed E-state index contributed by atoms with van der Waals surface area (Å²) in [4.78, 5) is 29.0. The average Bonchev–Trinajstić information content (AvgIpc) is 2.67. The van der Waals surface area contributed by atoms with Gasteiger partial charge in [-0.3, -0.25) is 9.69 Å². The number of carbonyl (C=O) groups excluding carboxylic acids is 2. The Morgan fingerprint density at radius 2 is 2.41 bits per heavy atom. The van der Waals surface area contributed by atoms with Crippen LogP contribution in [0.15, 0.2) is 18.3 Å². The smallest absolute Gasteiger partial charge is 0.341 e. The number of methoxy groups -OCH3 is 1. The molecular weight excluding hydrogens is 288 g/mol. The summed E-state index contributed by atoms with van der Waals surface area (Å²) >= 11 is 3.39. The Morgan fingerprint density at radius 1 is 1.65 bits per heavy atom. The number of ether oxygens (including phenoxy) is 1. The van der Waals surface area contributed by atoms with Crippen LogP contribution in [0.5, 0.6) is 0 Å². The Bertz CT molecular complexity index is 464. The molecule has 0 saturated carbocycles. The van der Waals surface area contributed by atoms with Crippen LogP contribution < -0.4 is 4.90 Å². The number of alkyl halides is 1. The number of hydrogen-bond donors (Lipinski definition) is 0. The Hall–Kier alpha value is -1.43. The van der Waals surface area contributed by atoms with E-state index in [1.54, 1.807) is 18.3 Å². The first-order valence-electron chi connectivity index (χ1n) is 5.11. The number of pyridine rings is 1. The molecule has 1 saturated heterocycles. The lowest BCUT2D eigenvalue weighted by molar-refractivity contribution is -0.117. The molecule has 17 heavy (non-hydrogen) atoms. The molecule has 1 atom stereocenters. The molecule has 1 aliphatic heterocycles. The molecule has 6 heteroatoms. The quantitative estimate of drug-likeness (QED) is 0.611. The van der Waals surface area contributed by atoms with Gasteiger partial charge in [0.15, 0.2) is 0 Å². The van der Waals surface area contributed by atoms with Crippen LogP contribution in [0.25, 0.3) is 0 Å². The molecule has 0 spiro atoms. The SMILES string of the molecule is COC(=O)c1cccnc1N1CC(Br)CC1=O. The van der Waals surface area contributed by atoms with Crippen LogP contribution >= 0.6 is 15.9 Å². The van der Waals surface area contributed by atoms with Gasteiger partial charge in [0.05, 0.1) is 7.11 Å². The summed E-state index contributed by atoms with van der Waals surface area (Å²) in [6.45, 7) is 0.514. The van der Waals surface area contributed by atoms with Gasteiger partial charge in [-0.2, -0.15) is 0 Å². The Labute approximate surface area is 107 Å². The Morgan fingerprint density at radius 3 is 3.00 bits per heavy atom. The van der Waals surface area contributed by atoms with Crippen LogP contribution in [-0.2, 0) is 9.53 Å². The van der Waals surface area contributed by atoms with Crippen molar-refractivity contribution in [3.63, 3.8) is 0 Å². The third-order valence-electron chi connectivity index (χ3n) is 2.53. The van der Waals surface area contributed by atoms with Crippen LogP contribution in [0, 0.1) is 0 Å². The predicted octanol–water partition coefficient (Wildman–Crippen LogP) is 1.37. The van der Waals surface area contributed by atoms with Crippen molar-refractivity contribution in [1.82, 2.24) is 4.98 Å². The summed E-state index contributed by atoms with van der Waals surface area (Å²) in [5.74, 6) is -0.166. The molecule has 1 fully saturated rings. The number of nitrogens with zero attached hydrogens (tertiary/aromatic N) is 2. The van der Waals surface area contributed by atoms with E-state index < -0.39 is 5.97 Å². The zero-order valence-corrected chi connectivity index (χ0v) is 10.8. The second-order valence-electron chi connectivity index (χ2n) is 3.67. The summed E-state index contributed by atoms with van der Waals surface area (Å²) < 4.78 is 4.67. The van der Waals surface area contributed by atoms with Crippen LogP contribution in [0.4, 0.5) is 5.82 Å². The standard InChI is InChI=1S/C11H11BrN2O3/c1-17-11(16)8-3-2-4-13-10(8)14-6-7(12)5-9(14)15/h2-4,7H,5-6H2,1H3. The molecule has 1 aromatic rings. The molecule has 2 heterocycles. The van der Waals surface area contributed by atoms with Crippen molar-refractivity contribution in [2.24, 2.45) is 0 Å². The highest BCUT2D eigenvalue weighted by atomic mass is 79.9. The molecule has 0 bridgehead atoms. The maximum atomic E-state index is 11.8. The van der Waals surface area contributed by atoms with E-state index in [2.05, 4.69) is 25.7 Å². The van der Waals surface area contributed by atoms with E-state index in [1.165, 1.54) is 12.0 Å². The first-order chi connectivity index (χ1) is 8.13. The second-order valence-corrected chi connectivity index (χ2v) is 4.97.